The van der Waals surface area contributed by atoms with Gasteiger partial charge < -0.3 is 10.2 Å². The number of piperidine rings is 1. The summed E-state index contributed by atoms with van der Waals surface area (Å²) < 4.78 is 0. The molecule has 1 heterocycles. The van der Waals surface area contributed by atoms with Crippen LogP contribution in [0.1, 0.15) is 41.3 Å². The van der Waals surface area contributed by atoms with Crippen LogP contribution in [0.25, 0.3) is 0 Å². The Balaban J connectivity index is 1.49. The first kappa shape index (κ1) is 19.2. The molecule has 3 rings (SSSR count). The number of rotatable bonds is 5. The van der Waals surface area contributed by atoms with E-state index in [-0.39, 0.29) is 11.8 Å². The number of nitrogens with zero attached hydrogens (tertiary/aromatic N) is 1. The van der Waals surface area contributed by atoms with E-state index in [4.69, 9.17) is 0 Å². The zero-order valence-electron chi connectivity index (χ0n) is 16.2. The first-order valence-electron chi connectivity index (χ1n) is 9.73. The summed E-state index contributed by atoms with van der Waals surface area (Å²) in [5.74, 6) is 0.432. The van der Waals surface area contributed by atoms with Crippen molar-refractivity contribution < 1.29 is 9.59 Å². The number of hydrogen-bond donors (Lipinski definition) is 1. The molecule has 0 bridgehead atoms. The minimum atomic E-state index is -0.510. The first-order valence-corrected chi connectivity index (χ1v) is 9.73. The molecular formula is C23H28N2O2. The summed E-state index contributed by atoms with van der Waals surface area (Å²) in [6, 6.07) is 17.4. The van der Waals surface area contributed by atoms with Gasteiger partial charge in [0.15, 0.2) is 0 Å². The second-order valence-electron chi connectivity index (χ2n) is 7.52. The second kappa shape index (κ2) is 8.85. The van der Waals surface area contributed by atoms with Gasteiger partial charge in [-0.3, -0.25) is 9.59 Å². The normalized spacial score (nSPS) is 16.0. The van der Waals surface area contributed by atoms with Crippen LogP contribution in [-0.2, 0) is 11.2 Å². The second-order valence-corrected chi connectivity index (χ2v) is 7.52. The molecule has 1 atom stereocenters. The molecule has 0 aromatic heterocycles. The molecule has 0 spiro atoms. The molecule has 0 radical (unpaired) electrons. The molecule has 1 N–H and O–H groups in total. The van der Waals surface area contributed by atoms with Gasteiger partial charge in [-0.1, -0.05) is 48.0 Å². The van der Waals surface area contributed by atoms with E-state index >= 15 is 0 Å². The van der Waals surface area contributed by atoms with Gasteiger partial charge in [-0.15, -0.1) is 0 Å². The molecule has 27 heavy (non-hydrogen) atoms. The largest absolute Gasteiger partial charge is 0.341 e. The molecule has 1 aliphatic heterocycles. The third kappa shape index (κ3) is 5.19. The van der Waals surface area contributed by atoms with Crippen molar-refractivity contribution in [3.05, 3.63) is 71.3 Å². The maximum absolute atomic E-state index is 12.7. The number of benzene rings is 2. The van der Waals surface area contributed by atoms with Gasteiger partial charge in [-0.05, 0) is 56.7 Å². The topological polar surface area (TPSA) is 49.4 Å². The van der Waals surface area contributed by atoms with Crippen LogP contribution in [0.3, 0.4) is 0 Å². The summed E-state index contributed by atoms with van der Waals surface area (Å²) in [7, 11) is 0. The molecule has 4 nitrogen and oxygen atoms in total. The quantitative estimate of drug-likeness (QED) is 0.881. The Bertz CT molecular complexity index is 780. The molecule has 142 valence electrons. The van der Waals surface area contributed by atoms with Crippen LogP contribution in [0.4, 0.5) is 0 Å². The molecule has 0 aliphatic carbocycles. The maximum atomic E-state index is 12.7. The SMILES string of the molecule is Cc1cccc(C(=O)N[C@@H](C)C(=O)N2CCC(Cc3ccccc3)CC2)c1. The average molecular weight is 364 g/mol. The maximum Gasteiger partial charge on any atom is 0.251 e. The third-order valence-corrected chi connectivity index (χ3v) is 5.29. The molecule has 1 aliphatic rings. The summed E-state index contributed by atoms with van der Waals surface area (Å²) >= 11 is 0. The summed E-state index contributed by atoms with van der Waals surface area (Å²) in [6.07, 6.45) is 3.10. The van der Waals surface area contributed by atoms with Crippen molar-refractivity contribution in [2.24, 2.45) is 5.92 Å². The van der Waals surface area contributed by atoms with E-state index in [9.17, 15) is 9.59 Å². The highest BCUT2D eigenvalue weighted by atomic mass is 16.2. The lowest BCUT2D eigenvalue weighted by Crippen LogP contribution is -2.49. The van der Waals surface area contributed by atoms with Gasteiger partial charge in [0.2, 0.25) is 5.91 Å². The molecule has 1 fully saturated rings. The summed E-state index contributed by atoms with van der Waals surface area (Å²) in [4.78, 5) is 27.0. The highest BCUT2D eigenvalue weighted by Gasteiger charge is 2.27. The standard InChI is InChI=1S/C23H28N2O2/c1-17-7-6-10-21(15-17)22(26)24-18(2)23(27)25-13-11-20(12-14-25)16-19-8-4-3-5-9-19/h3-10,15,18,20H,11-14,16H2,1-2H3,(H,24,26)/t18-/m0/s1. The fourth-order valence-corrected chi connectivity index (χ4v) is 3.71. The van der Waals surface area contributed by atoms with E-state index in [1.807, 2.05) is 36.1 Å². The lowest BCUT2D eigenvalue weighted by atomic mass is 9.90. The first-order chi connectivity index (χ1) is 13.0. The number of hydrogen-bond acceptors (Lipinski definition) is 2. The number of carbonyl (C=O) groups excluding carboxylic acids is 2. The van der Waals surface area contributed by atoms with Crippen LogP contribution >= 0.6 is 0 Å². The van der Waals surface area contributed by atoms with E-state index in [0.717, 1.165) is 37.9 Å². The minimum Gasteiger partial charge on any atom is -0.341 e. The van der Waals surface area contributed by atoms with E-state index in [2.05, 4.69) is 29.6 Å². The highest BCUT2D eigenvalue weighted by Crippen LogP contribution is 2.22. The molecule has 1 saturated heterocycles. The highest BCUT2D eigenvalue weighted by molar-refractivity contribution is 5.97. The summed E-state index contributed by atoms with van der Waals surface area (Å²) in [6.45, 7) is 5.25. The summed E-state index contributed by atoms with van der Waals surface area (Å²) in [5.41, 5.74) is 2.99. The van der Waals surface area contributed by atoms with Crippen molar-refractivity contribution in [3.63, 3.8) is 0 Å². The zero-order valence-corrected chi connectivity index (χ0v) is 16.2. The van der Waals surface area contributed by atoms with Crippen LogP contribution < -0.4 is 5.32 Å². The Labute approximate surface area is 161 Å². The lowest BCUT2D eigenvalue weighted by Gasteiger charge is -2.33. The number of likely N-dealkylation sites (tertiary alicyclic amines) is 1. The van der Waals surface area contributed by atoms with E-state index in [0.29, 0.717) is 11.5 Å². The van der Waals surface area contributed by atoms with Crippen molar-refractivity contribution >= 4 is 11.8 Å². The Morgan fingerprint density at radius 3 is 2.44 bits per heavy atom. The lowest BCUT2D eigenvalue weighted by molar-refractivity contribution is -0.134. The number of amides is 2. The molecule has 2 aromatic carbocycles. The number of aryl methyl sites for hydroxylation is 1. The number of nitrogens with one attached hydrogen (secondary N) is 1. The van der Waals surface area contributed by atoms with Crippen molar-refractivity contribution in [3.8, 4) is 0 Å². The fourth-order valence-electron chi connectivity index (χ4n) is 3.71. The van der Waals surface area contributed by atoms with Crippen molar-refractivity contribution in [2.45, 2.75) is 39.2 Å². The van der Waals surface area contributed by atoms with Crippen molar-refractivity contribution in [1.82, 2.24) is 10.2 Å². The Kier molecular flexibility index (Phi) is 6.28. The van der Waals surface area contributed by atoms with Crippen LogP contribution in [-0.4, -0.2) is 35.8 Å². The predicted molar refractivity (Wildman–Crippen MR) is 108 cm³/mol. The van der Waals surface area contributed by atoms with Gasteiger partial charge in [-0.25, -0.2) is 0 Å². The van der Waals surface area contributed by atoms with Crippen LogP contribution in [0.15, 0.2) is 54.6 Å². The fraction of sp³-hybridized carbons (Fsp3) is 0.391. The molecule has 0 saturated carbocycles. The van der Waals surface area contributed by atoms with Gasteiger partial charge in [0.1, 0.15) is 6.04 Å². The Morgan fingerprint density at radius 2 is 1.78 bits per heavy atom. The molecule has 2 amide bonds. The third-order valence-electron chi connectivity index (χ3n) is 5.29. The van der Waals surface area contributed by atoms with Gasteiger partial charge in [-0.2, -0.15) is 0 Å². The van der Waals surface area contributed by atoms with E-state index in [1.165, 1.54) is 5.56 Å². The Hall–Kier alpha value is -2.62. The molecule has 2 aromatic rings. The monoisotopic (exact) mass is 364 g/mol. The van der Waals surface area contributed by atoms with Crippen LogP contribution in [0.5, 0.6) is 0 Å². The van der Waals surface area contributed by atoms with Gasteiger partial charge >= 0.3 is 0 Å². The summed E-state index contributed by atoms with van der Waals surface area (Å²) in [5, 5.41) is 2.84. The molecule has 0 unspecified atom stereocenters. The van der Waals surface area contributed by atoms with Crippen molar-refractivity contribution in [2.75, 3.05) is 13.1 Å². The predicted octanol–water partition coefficient (Wildman–Crippen LogP) is 3.59. The average Bonchev–Trinajstić information content (AvgIpc) is 2.69. The van der Waals surface area contributed by atoms with Crippen LogP contribution in [0, 0.1) is 12.8 Å². The number of carbonyl (C=O) groups is 2. The molecule has 4 heteroatoms. The van der Waals surface area contributed by atoms with Crippen LogP contribution in [0.2, 0.25) is 0 Å². The van der Waals surface area contributed by atoms with Crippen molar-refractivity contribution in [1.29, 1.82) is 0 Å². The molecular weight excluding hydrogens is 336 g/mol. The van der Waals surface area contributed by atoms with Gasteiger partial charge in [0, 0.05) is 18.7 Å². The smallest absolute Gasteiger partial charge is 0.251 e. The zero-order chi connectivity index (χ0) is 19.2. The minimum absolute atomic E-state index is 0.00849. The van der Waals surface area contributed by atoms with Gasteiger partial charge in [0.25, 0.3) is 5.91 Å². The van der Waals surface area contributed by atoms with Gasteiger partial charge in [0.05, 0.1) is 0 Å². The Morgan fingerprint density at radius 1 is 1.07 bits per heavy atom. The van der Waals surface area contributed by atoms with E-state index in [1.54, 1.807) is 13.0 Å². The van der Waals surface area contributed by atoms with E-state index < -0.39 is 6.04 Å².